The van der Waals surface area contributed by atoms with Crippen LogP contribution in [0.5, 0.6) is 11.5 Å². The second-order valence-electron chi connectivity index (χ2n) is 5.64. The number of rotatable bonds is 7. The first-order chi connectivity index (χ1) is 11.5. The van der Waals surface area contributed by atoms with E-state index in [1.807, 2.05) is 44.2 Å². The molecule has 0 atom stereocenters. The summed E-state index contributed by atoms with van der Waals surface area (Å²) < 4.78 is 10.5. The molecule has 0 bridgehead atoms. The van der Waals surface area contributed by atoms with Crippen molar-refractivity contribution in [3.05, 3.63) is 53.1 Å². The van der Waals surface area contributed by atoms with E-state index in [-0.39, 0.29) is 12.5 Å². The van der Waals surface area contributed by atoms with E-state index >= 15 is 0 Å². The molecule has 2 aromatic carbocycles. The molecule has 5 nitrogen and oxygen atoms in total. The summed E-state index contributed by atoms with van der Waals surface area (Å²) >= 11 is 0. The van der Waals surface area contributed by atoms with E-state index in [9.17, 15) is 4.79 Å². The van der Waals surface area contributed by atoms with Crippen LogP contribution in [0.3, 0.4) is 0 Å². The summed E-state index contributed by atoms with van der Waals surface area (Å²) in [5.41, 5.74) is 4.26. The monoisotopic (exact) mass is 328 g/mol. The first kappa shape index (κ1) is 17.7. The molecule has 1 amide bonds. The van der Waals surface area contributed by atoms with Gasteiger partial charge in [-0.3, -0.25) is 4.79 Å². The smallest absolute Gasteiger partial charge is 0.239 e. The maximum atomic E-state index is 12.0. The highest BCUT2D eigenvalue weighted by atomic mass is 16.5. The minimum absolute atomic E-state index is 0.0650. The summed E-state index contributed by atoms with van der Waals surface area (Å²) in [6.07, 6.45) is 0. The van der Waals surface area contributed by atoms with Crippen LogP contribution in [0.1, 0.15) is 16.7 Å². The van der Waals surface area contributed by atoms with Crippen LogP contribution in [0.4, 0.5) is 5.69 Å². The lowest BCUT2D eigenvalue weighted by Crippen LogP contribution is -2.29. The van der Waals surface area contributed by atoms with Gasteiger partial charge in [-0.25, -0.2) is 0 Å². The molecule has 0 radical (unpaired) electrons. The van der Waals surface area contributed by atoms with E-state index in [1.165, 1.54) is 5.56 Å². The lowest BCUT2D eigenvalue weighted by molar-refractivity contribution is -0.119. The maximum absolute atomic E-state index is 12.0. The molecule has 2 aromatic rings. The zero-order valence-electron chi connectivity index (χ0n) is 14.6. The van der Waals surface area contributed by atoms with Crippen molar-refractivity contribution < 1.29 is 14.3 Å². The third kappa shape index (κ3) is 4.65. The fourth-order valence-electron chi connectivity index (χ4n) is 2.44. The van der Waals surface area contributed by atoms with Crippen molar-refractivity contribution in [2.45, 2.75) is 20.4 Å². The van der Waals surface area contributed by atoms with Crippen LogP contribution in [0.2, 0.25) is 0 Å². The van der Waals surface area contributed by atoms with E-state index in [0.29, 0.717) is 18.0 Å². The molecule has 128 valence electrons. The SMILES string of the molecule is COc1ccc(CNC(=O)CNc2ccc(C)cc2C)cc1OC. The van der Waals surface area contributed by atoms with Gasteiger partial charge in [-0.05, 0) is 43.2 Å². The Bertz CT molecular complexity index is 714. The summed E-state index contributed by atoms with van der Waals surface area (Å²) in [5.74, 6) is 1.26. The number of amides is 1. The molecular formula is C19H24N2O3. The zero-order chi connectivity index (χ0) is 17.5. The van der Waals surface area contributed by atoms with Gasteiger partial charge in [0.25, 0.3) is 0 Å². The third-order valence-corrected chi connectivity index (χ3v) is 3.76. The van der Waals surface area contributed by atoms with E-state index in [0.717, 1.165) is 16.8 Å². The van der Waals surface area contributed by atoms with Crippen LogP contribution in [0.15, 0.2) is 36.4 Å². The summed E-state index contributed by atoms with van der Waals surface area (Å²) in [7, 11) is 3.19. The summed E-state index contributed by atoms with van der Waals surface area (Å²) in [6.45, 7) is 4.74. The topological polar surface area (TPSA) is 59.6 Å². The standard InChI is InChI=1S/C19H24N2O3/c1-13-5-7-16(14(2)9-13)20-12-19(22)21-11-15-6-8-17(23-3)18(10-15)24-4/h5-10,20H,11-12H2,1-4H3,(H,21,22). The minimum atomic E-state index is -0.0650. The van der Waals surface area contributed by atoms with Gasteiger partial charge < -0.3 is 20.1 Å². The van der Waals surface area contributed by atoms with Crippen molar-refractivity contribution in [3.63, 3.8) is 0 Å². The molecule has 0 aliphatic rings. The van der Waals surface area contributed by atoms with Gasteiger partial charge in [-0.1, -0.05) is 23.8 Å². The Morgan fingerprint density at radius 3 is 2.42 bits per heavy atom. The van der Waals surface area contributed by atoms with Crippen molar-refractivity contribution in [1.29, 1.82) is 0 Å². The van der Waals surface area contributed by atoms with E-state index in [1.54, 1.807) is 14.2 Å². The molecule has 2 rings (SSSR count). The molecule has 0 saturated heterocycles. The van der Waals surface area contributed by atoms with Crippen molar-refractivity contribution in [3.8, 4) is 11.5 Å². The molecule has 0 aromatic heterocycles. The maximum Gasteiger partial charge on any atom is 0.239 e. The highest BCUT2D eigenvalue weighted by Crippen LogP contribution is 2.27. The first-order valence-corrected chi connectivity index (χ1v) is 7.82. The van der Waals surface area contributed by atoms with Crippen LogP contribution in [-0.4, -0.2) is 26.7 Å². The molecule has 0 spiro atoms. The minimum Gasteiger partial charge on any atom is -0.493 e. The quantitative estimate of drug-likeness (QED) is 0.820. The van der Waals surface area contributed by atoms with Crippen molar-refractivity contribution in [2.24, 2.45) is 0 Å². The van der Waals surface area contributed by atoms with Crippen LogP contribution in [-0.2, 0) is 11.3 Å². The lowest BCUT2D eigenvalue weighted by Gasteiger charge is -2.12. The average Bonchev–Trinajstić information content (AvgIpc) is 2.58. The van der Waals surface area contributed by atoms with Crippen LogP contribution in [0.25, 0.3) is 0 Å². The van der Waals surface area contributed by atoms with E-state index in [2.05, 4.69) is 16.7 Å². The van der Waals surface area contributed by atoms with Crippen LogP contribution < -0.4 is 20.1 Å². The molecule has 2 N–H and O–H groups in total. The number of anilines is 1. The number of methoxy groups -OCH3 is 2. The Balaban J connectivity index is 1.87. The first-order valence-electron chi connectivity index (χ1n) is 7.82. The Morgan fingerprint density at radius 2 is 1.75 bits per heavy atom. The lowest BCUT2D eigenvalue weighted by atomic mass is 10.1. The number of hydrogen-bond acceptors (Lipinski definition) is 4. The molecule has 0 unspecified atom stereocenters. The largest absolute Gasteiger partial charge is 0.493 e. The van der Waals surface area contributed by atoms with E-state index < -0.39 is 0 Å². The molecule has 0 heterocycles. The number of ether oxygens (including phenoxy) is 2. The van der Waals surface area contributed by atoms with Gasteiger partial charge in [0.05, 0.1) is 20.8 Å². The van der Waals surface area contributed by atoms with Gasteiger partial charge in [0, 0.05) is 12.2 Å². The van der Waals surface area contributed by atoms with Gasteiger partial charge in [-0.15, -0.1) is 0 Å². The predicted molar refractivity (Wildman–Crippen MR) is 95.8 cm³/mol. The molecule has 0 fully saturated rings. The zero-order valence-corrected chi connectivity index (χ0v) is 14.6. The van der Waals surface area contributed by atoms with Crippen molar-refractivity contribution in [1.82, 2.24) is 5.32 Å². The Morgan fingerprint density at radius 1 is 1.00 bits per heavy atom. The number of aryl methyl sites for hydroxylation is 2. The number of carbonyl (C=O) groups is 1. The summed E-state index contributed by atoms with van der Waals surface area (Å²) in [4.78, 5) is 12.0. The average molecular weight is 328 g/mol. The van der Waals surface area contributed by atoms with Gasteiger partial charge >= 0.3 is 0 Å². The normalized spacial score (nSPS) is 10.2. The van der Waals surface area contributed by atoms with Crippen molar-refractivity contribution in [2.75, 3.05) is 26.1 Å². The second-order valence-corrected chi connectivity index (χ2v) is 5.64. The molecule has 0 saturated carbocycles. The van der Waals surface area contributed by atoms with Crippen LogP contribution in [0, 0.1) is 13.8 Å². The van der Waals surface area contributed by atoms with Gasteiger partial charge in [0.1, 0.15) is 0 Å². The highest BCUT2D eigenvalue weighted by molar-refractivity contribution is 5.81. The second kappa shape index (κ2) is 8.24. The van der Waals surface area contributed by atoms with E-state index in [4.69, 9.17) is 9.47 Å². The van der Waals surface area contributed by atoms with Gasteiger partial charge in [0.15, 0.2) is 11.5 Å². The molecule has 24 heavy (non-hydrogen) atoms. The van der Waals surface area contributed by atoms with Gasteiger partial charge in [0.2, 0.25) is 5.91 Å². The number of hydrogen-bond donors (Lipinski definition) is 2. The summed E-state index contributed by atoms with van der Waals surface area (Å²) in [5, 5.41) is 6.05. The Labute approximate surface area is 143 Å². The number of benzene rings is 2. The van der Waals surface area contributed by atoms with Gasteiger partial charge in [-0.2, -0.15) is 0 Å². The number of nitrogens with one attached hydrogen (secondary N) is 2. The molecule has 0 aliphatic carbocycles. The fourth-order valence-corrected chi connectivity index (χ4v) is 2.44. The summed E-state index contributed by atoms with van der Waals surface area (Å²) in [6, 6.07) is 11.7. The fraction of sp³-hybridized carbons (Fsp3) is 0.316. The third-order valence-electron chi connectivity index (χ3n) is 3.76. The Hall–Kier alpha value is -2.69. The number of carbonyl (C=O) groups excluding carboxylic acids is 1. The highest BCUT2D eigenvalue weighted by Gasteiger charge is 2.07. The molecule has 5 heteroatoms. The predicted octanol–water partition coefficient (Wildman–Crippen LogP) is 3.05. The van der Waals surface area contributed by atoms with Crippen molar-refractivity contribution >= 4 is 11.6 Å². The van der Waals surface area contributed by atoms with Crippen LogP contribution >= 0.6 is 0 Å². The molecular weight excluding hydrogens is 304 g/mol. The Kier molecular flexibility index (Phi) is 6.07. The molecule has 0 aliphatic heterocycles.